The largest absolute Gasteiger partial charge is 0.494 e. The molecular weight excluding hydrogens is 296 g/mol. The maximum absolute atomic E-state index is 6.67. The lowest BCUT2D eigenvalue weighted by atomic mass is 9.59. The highest BCUT2D eigenvalue weighted by Crippen LogP contribution is 2.56. The van der Waals surface area contributed by atoms with E-state index < -0.39 is 0 Å². The Balaban J connectivity index is 1.66. The van der Waals surface area contributed by atoms with Crippen molar-refractivity contribution in [3.8, 4) is 0 Å². The van der Waals surface area contributed by atoms with Gasteiger partial charge in [-0.1, -0.05) is 25.8 Å². The van der Waals surface area contributed by atoms with E-state index in [1.54, 1.807) is 0 Å². The summed E-state index contributed by atoms with van der Waals surface area (Å²) in [6.45, 7) is 9.21. The number of allylic oxidation sites excluding steroid dienone is 2. The lowest BCUT2D eigenvalue weighted by Crippen LogP contribution is -2.54. The van der Waals surface area contributed by atoms with Crippen LogP contribution in [-0.4, -0.2) is 17.8 Å². The van der Waals surface area contributed by atoms with Crippen LogP contribution in [0.5, 0.6) is 0 Å². The molecule has 0 aromatic heterocycles. The van der Waals surface area contributed by atoms with Gasteiger partial charge >= 0.3 is 0 Å². The first-order chi connectivity index (χ1) is 11.5. The second kappa shape index (κ2) is 6.20. The summed E-state index contributed by atoms with van der Waals surface area (Å²) in [7, 11) is 0. The predicted octanol–water partition coefficient (Wildman–Crippen LogP) is 5.64. The zero-order valence-corrected chi connectivity index (χ0v) is 15.9. The zero-order valence-electron chi connectivity index (χ0n) is 15.9. The van der Waals surface area contributed by atoms with Gasteiger partial charge in [0.25, 0.3) is 0 Å². The Morgan fingerprint density at radius 2 is 2.04 bits per heavy atom. The fraction of sp³-hybridized carbons (Fsp3) is 0.818. The van der Waals surface area contributed by atoms with Crippen molar-refractivity contribution < 1.29 is 9.47 Å². The van der Waals surface area contributed by atoms with E-state index in [4.69, 9.17) is 9.47 Å². The van der Waals surface area contributed by atoms with Crippen molar-refractivity contribution in [2.75, 3.05) is 0 Å². The van der Waals surface area contributed by atoms with Crippen LogP contribution in [0.3, 0.4) is 0 Å². The molecule has 0 radical (unpaired) electrons. The van der Waals surface area contributed by atoms with Crippen LogP contribution >= 0.6 is 0 Å². The molecule has 0 N–H and O–H groups in total. The predicted molar refractivity (Wildman–Crippen MR) is 97.6 cm³/mol. The number of hydrogen-bond acceptors (Lipinski definition) is 2. The molecule has 2 heteroatoms. The number of unbranched alkanes of at least 4 members (excludes halogenated alkanes) is 2. The van der Waals surface area contributed by atoms with Gasteiger partial charge in [0.2, 0.25) is 0 Å². The van der Waals surface area contributed by atoms with Crippen molar-refractivity contribution in [1.82, 2.24) is 0 Å². The second-order valence-corrected chi connectivity index (χ2v) is 9.12. The molecule has 2 saturated heterocycles. The van der Waals surface area contributed by atoms with E-state index in [-0.39, 0.29) is 11.7 Å². The first-order valence-corrected chi connectivity index (χ1v) is 10.3. The summed E-state index contributed by atoms with van der Waals surface area (Å²) in [5.74, 6) is 3.86. The smallest absolute Gasteiger partial charge is 0.103 e. The van der Waals surface area contributed by atoms with Gasteiger partial charge in [0, 0.05) is 5.92 Å². The van der Waals surface area contributed by atoms with Crippen molar-refractivity contribution in [2.24, 2.45) is 23.7 Å². The Morgan fingerprint density at radius 3 is 2.83 bits per heavy atom. The van der Waals surface area contributed by atoms with E-state index in [1.807, 2.05) is 0 Å². The van der Waals surface area contributed by atoms with Crippen LogP contribution < -0.4 is 0 Å². The molecule has 4 rings (SSSR count). The third kappa shape index (κ3) is 2.75. The highest BCUT2D eigenvalue weighted by molar-refractivity contribution is 5.33. The summed E-state index contributed by atoms with van der Waals surface area (Å²) in [5, 5.41) is 0. The molecule has 24 heavy (non-hydrogen) atoms. The van der Waals surface area contributed by atoms with Crippen molar-refractivity contribution in [3.63, 3.8) is 0 Å². The molecule has 6 atom stereocenters. The van der Waals surface area contributed by atoms with Crippen molar-refractivity contribution in [3.05, 3.63) is 23.5 Å². The average Bonchev–Trinajstić information content (AvgIpc) is 2.63. The summed E-state index contributed by atoms with van der Waals surface area (Å²) in [5.41, 5.74) is 1.44. The van der Waals surface area contributed by atoms with Gasteiger partial charge in [0.05, 0.1) is 17.8 Å². The van der Waals surface area contributed by atoms with E-state index in [9.17, 15) is 0 Å². The standard InChI is InChI=1S/C22H34O2/c1-5-6-7-8-15-11-19-21-17-13-16(14(2)23-19)9-10-18(17)22(3,4)24-20(21)12-15/h11-12,14,16-18,20-21H,5-10,13H2,1-4H3/t14-,16+,17?,18?,20?,21?/m0/s1. The topological polar surface area (TPSA) is 18.5 Å². The van der Waals surface area contributed by atoms with E-state index in [1.165, 1.54) is 56.3 Å². The van der Waals surface area contributed by atoms with E-state index in [0.717, 1.165) is 11.8 Å². The minimum absolute atomic E-state index is 0.00212. The molecule has 0 aromatic rings. The summed E-state index contributed by atoms with van der Waals surface area (Å²) in [4.78, 5) is 0. The summed E-state index contributed by atoms with van der Waals surface area (Å²) in [6, 6.07) is 0. The second-order valence-electron chi connectivity index (χ2n) is 9.12. The Hall–Kier alpha value is -0.760. The Kier molecular flexibility index (Phi) is 4.31. The van der Waals surface area contributed by atoms with E-state index in [2.05, 4.69) is 39.8 Å². The van der Waals surface area contributed by atoms with E-state index in [0.29, 0.717) is 17.9 Å². The molecule has 0 aromatic carbocycles. The summed E-state index contributed by atoms with van der Waals surface area (Å²) >= 11 is 0. The fourth-order valence-electron chi connectivity index (χ4n) is 5.89. The van der Waals surface area contributed by atoms with Crippen LogP contribution in [0.4, 0.5) is 0 Å². The highest BCUT2D eigenvalue weighted by atomic mass is 16.5. The molecule has 1 saturated carbocycles. The number of ether oxygens (including phenoxy) is 2. The van der Waals surface area contributed by atoms with Gasteiger partial charge in [0.15, 0.2) is 0 Å². The molecule has 0 amide bonds. The number of fused-ring (bicyclic) bond motifs is 1. The SMILES string of the molecule is CCCCCC1=CC2OC(C)(C)C3CC[C@@H]4CC3C2C(=C1)O[C@H]4C. The fourth-order valence-corrected chi connectivity index (χ4v) is 5.89. The van der Waals surface area contributed by atoms with Crippen molar-refractivity contribution >= 4 is 0 Å². The van der Waals surface area contributed by atoms with Crippen molar-refractivity contribution in [2.45, 2.75) is 90.4 Å². The summed E-state index contributed by atoms with van der Waals surface area (Å²) in [6.07, 6.45) is 14.4. The molecule has 2 bridgehead atoms. The molecule has 4 unspecified atom stereocenters. The van der Waals surface area contributed by atoms with Crippen LogP contribution in [0.2, 0.25) is 0 Å². The minimum Gasteiger partial charge on any atom is -0.494 e. The molecule has 4 aliphatic rings. The third-order valence-electron chi connectivity index (χ3n) is 7.18. The molecule has 2 heterocycles. The minimum atomic E-state index is -0.00212. The normalized spacial score (nSPS) is 42.5. The molecule has 2 nitrogen and oxygen atoms in total. The van der Waals surface area contributed by atoms with Gasteiger partial charge in [-0.05, 0) is 82.3 Å². The lowest BCUT2D eigenvalue weighted by Gasteiger charge is -2.53. The quantitative estimate of drug-likeness (QED) is 0.621. The van der Waals surface area contributed by atoms with Crippen LogP contribution in [0.15, 0.2) is 23.5 Å². The number of rotatable bonds is 4. The van der Waals surface area contributed by atoms with Gasteiger partial charge in [-0.15, -0.1) is 0 Å². The molecule has 2 aliphatic carbocycles. The van der Waals surface area contributed by atoms with Gasteiger partial charge in [0.1, 0.15) is 5.76 Å². The van der Waals surface area contributed by atoms with Crippen molar-refractivity contribution in [1.29, 1.82) is 0 Å². The van der Waals surface area contributed by atoms with Gasteiger partial charge in [-0.2, -0.15) is 0 Å². The zero-order chi connectivity index (χ0) is 16.9. The van der Waals surface area contributed by atoms with Crippen LogP contribution in [0.1, 0.15) is 72.6 Å². The monoisotopic (exact) mass is 330 g/mol. The Bertz CT molecular complexity index is 544. The first kappa shape index (κ1) is 16.7. The Morgan fingerprint density at radius 1 is 1.21 bits per heavy atom. The average molecular weight is 331 g/mol. The molecule has 134 valence electrons. The molecule has 2 aliphatic heterocycles. The lowest BCUT2D eigenvalue weighted by molar-refractivity contribution is -0.184. The summed E-state index contributed by atoms with van der Waals surface area (Å²) < 4.78 is 13.2. The van der Waals surface area contributed by atoms with Gasteiger partial charge in [-0.25, -0.2) is 0 Å². The number of hydrogen-bond donors (Lipinski definition) is 0. The first-order valence-electron chi connectivity index (χ1n) is 10.3. The Labute approximate surface area is 147 Å². The molecule has 0 spiro atoms. The van der Waals surface area contributed by atoms with Gasteiger partial charge in [-0.3, -0.25) is 0 Å². The van der Waals surface area contributed by atoms with Crippen LogP contribution in [0, 0.1) is 23.7 Å². The van der Waals surface area contributed by atoms with Crippen LogP contribution in [0.25, 0.3) is 0 Å². The molecular formula is C22H34O2. The maximum Gasteiger partial charge on any atom is 0.103 e. The van der Waals surface area contributed by atoms with Gasteiger partial charge < -0.3 is 9.47 Å². The molecule has 3 fully saturated rings. The highest BCUT2D eigenvalue weighted by Gasteiger charge is 2.55. The maximum atomic E-state index is 6.67. The third-order valence-corrected chi connectivity index (χ3v) is 7.18. The van der Waals surface area contributed by atoms with Crippen LogP contribution in [-0.2, 0) is 9.47 Å². The van der Waals surface area contributed by atoms with E-state index >= 15 is 0 Å².